The lowest BCUT2D eigenvalue weighted by atomic mass is 10.1. The zero-order valence-corrected chi connectivity index (χ0v) is 17.7. The number of rotatable bonds is 6. The van der Waals surface area contributed by atoms with Gasteiger partial charge in [0.15, 0.2) is 15.7 Å². The maximum Gasteiger partial charge on any atom is 0.241 e. The summed E-state index contributed by atoms with van der Waals surface area (Å²) < 4.78 is 47.2. The molecule has 0 aliphatic carbocycles. The van der Waals surface area contributed by atoms with Gasteiger partial charge in [0.2, 0.25) is 5.91 Å². The Balaban J connectivity index is 1.67. The van der Waals surface area contributed by atoms with Crippen LogP contribution >= 0.6 is 0 Å². The van der Waals surface area contributed by atoms with Crippen LogP contribution in [0.3, 0.4) is 0 Å². The van der Waals surface area contributed by atoms with E-state index in [-0.39, 0.29) is 23.1 Å². The summed E-state index contributed by atoms with van der Waals surface area (Å²) >= 11 is 0. The molecule has 0 fully saturated rings. The van der Waals surface area contributed by atoms with Crippen LogP contribution in [-0.2, 0) is 21.2 Å². The fourth-order valence-corrected chi connectivity index (χ4v) is 4.83. The average molecular weight is 441 g/mol. The summed E-state index contributed by atoms with van der Waals surface area (Å²) in [6.45, 7) is 3.50. The number of sulfone groups is 1. The fourth-order valence-electron chi connectivity index (χ4n) is 3.46. The number of anilines is 1. The maximum absolute atomic E-state index is 14.5. The topological polar surface area (TPSA) is 94.2 Å². The molecule has 0 saturated carbocycles. The minimum Gasteiger partial charge on any atom is -0.360 e. The smallest absolute Gasteiger partial charge is 0.241 e. The second-order valence-corrected chi connectivity index (χ2v) is 9.27. The molecule has 2 aromatic heterocycles. The molecule has 9 heteroatoms. The van der Waals surface area contributed by atoms with E-state index in [1.165, 1.54) is 12.3 Å². The second-order valence-electron chi connectivity index (χ2n) is 7.32. The predicted octanol–water partition coefficient (Wildman–Crippen LogP) is 3.85. The molecule has 160 valence electrons. The number of hydrogen-bond donors (Lipinski definition) is 1. The van der Waals surface area contributed by atoms with Crippen LogP contribution in [-0.4, -0.2) is 29.8 Å². The molecule has 0 radical (unpaired) electrons. The van der Waals surface area contributed by atoms with Gasteiger partial charge in [0.1, 0.15) is 17.3 Å². The van der Waals surface area contributed by atoms with Crippen LogP contribution in [0.2, 0.25) is 0 Å². The maximum atomic E-state index is 14.5. The van der Waals surface area contributed by atoms with Crippen molar-refractivity contribution in [1.82, 2.24) is 9.72 Å². The SMILES string of the molecule is Cc1cc(NC(=O)CS(=O)(=O)c2cn(Cc3cccc(C)c3F)c3ccccc23)no1. The number of hydrogen-bond acceptors (Lipinski definition) is 5. The van der Waals surface area contributed by atoms with Crippen LogP contribution in [0.5, 0.6) is 0 Å². The molecule has 7 nitrogen and oxygen atoms in total. The molecule has 0 unspecified atom stereocenters. The quantitative estimate of drug-likeness (QED) is 0.491. The summed E-state index contributed by atoms with van der Waals surface area (Å²) in [5.74, 6) is -1.17. The number of halogens is 1. The summed E-state index contributed by atoms with van der Waals surface area (Å²) in [6.07, 6.45) is 1.45. The molecule has 1 amide bonds. The van der Waals surface area contributed by atoms with E-state index in [2.05, 4.69) is 10.5 Å². The van der Waals surface area contributed by atoms with Crippen LogP contribution in [0.25, 0.3) is 10.9 Å². The van der Waals surface area contributed by atoms with Crippen LogP contribution in [0.1, 0.15) is 16.9 Å². The Labute approximate surface area is 178 Å². The standard InChI is InChI=1S/C22H20FN3O4S/c1-14-6-5-7-16(22(14)23)11-26-12-19(17-8-3-4-9-18(17)26)31(28,29)13-21(27)24-20-10-15(2)30-25-20/h3-10,12H,11,13H2,1-2H3,(H,24,25,27). The van der Waals surface area contributed by atoms with Gasteiger partial charge in [-0.3, -0.25) is 4.79 Å². The molecule has 4 aromatic rings. The van der Waals surface area contributed by atoms with Crippen LogP contribution < -0.4 is 5.32 Å². The number of para-hydroxylation sites is 1. The van der Waals surface area contributed by atoms with Gasteiger partial charge in [-0.1, -0.05) is 41.6 Å². The molecule has 31 heavy (non-hydrogen) atoms. The van der Waals surface area contributed by atoms with Gasteiger partial charge in [-0.2, -0.15) is 0 Å². The molecule has 4 rings (SSSR count). The van der Waals surface area contributed by atoms with Crippen molar-refractivity contribution in [2.75, 3.05) is 11.1 Å². The highest BCUT2D eigenvalue weighted by Gasteiger charge is 2.25. The number of aromatic nitrogens is 2. The molecule has 1 N–H and O–H groups in total. The number of benzene rings is 2. The zero-order valence-electron chi connectivity index (χ0n) is 16.9. The van der Waals surface area contributed by atoms with Gasteiger partial charge in [-0.15, -0.1) is 0 Å². The minimum atomic E-state index is -3.97. The van der Waals surface area contributed by atoms with E-state index in [1.807, 2.05) is 0 Å². The van der Waals surface area contributed by atoms with Gasteiger partial charge >= 0.3 is 0 Å². The predicted molar refractivity (Wildman–Crippen MR) is 114 cm³/mol. The van der Waals surface area contributed by atoms with Crippen LogP contribution in [0, 0.1) is 19.7 Å². The number of aryl methyl sites for hydroxylation is 2. The van der Waals surface area contributed by atoms with Crippen molar-refractivity contribution >= 4 is 32.5 Å². The molecule has 0 spiro atoms. The highest BCUT2D eigenvalue weighted by molar-refractivity contribution is 7.92. The highest BCUT2D eigenvalue weighted by Crippen LogP contribution is 2.28. The number of nitrogens with one attached hydrogen (secondary N) is 1. The van der Waals surface area contributed by atoms with Gasteiger partial charge in [0.05, 0.1) is 11.4 Å². The molecule has 0 aliphatic rings. The van der Waals surface area contributed by atoms with Crippen molar-refractivity contribution < 1.29 is 22.1 Å². The van der Waals surface area contributed by atoms with E-state index in [1.54, 1.807) is 60.9 Å². The van der Waals surface area contributed by atoms with Gasteiger partial charge in [-0.25, -0.2) is 12.8 Å². The Morgan fingerprint density at radius 1 is 1.16 bits per heavy atom. The Kier molecular flexibility index (Phi) is 5.36. The molecule has 0 saturated heterocycles. The first-order chi connectivity index (χ1) is 14.7. The minimum absolute atomic E-state index is 0.0163. The van der Waals surface area contributed by atoms with Crippen molar-refractivity contribution in [2.24, 2.45) is 0 Å². The molecular formula is C22H20FN3O4S. The van der Waals surface area contributed by atoms with Crippen molar-refractivity contribution in [2.45, 2.75) is 25.3 Å². The third-order valence-corrected chi connectivity index (χ3v) is 6.55. The fraction of sp³-hybridized carbons (Fsp3) is 0.182. The van der Waals surface area contributed by atoms with Gasteiger partial charge in [-0.05, 0) is 25.5 Å². The Bertz CT molecular complexity index is 1390. The zero-order chi connectivity index (χ0) is 22.2. The van der Waals surface area contributed by atoms with Crippen LogP contribution in [0.4, 0.5) is 10.2 Å². The van der Waals surface area contributed by atoms with E-state index in [9.17, 15) is 17.6 Å². The summed E-state index contributed by atoms with van der Waals surface area (Å²) in [4.78, 5) is 12.3. The van der Waals surface area contributed by atoms with Crippen molar-refractivity contribution in [1.29, 1.82) is 0 Å². The van der Waals surface area contributed by atoms with Crippen molar-refractivity contribution in [3.8, 4) is 0 Å². The first kappa shape index (κ1) is 20.8. The van der Waals surface area contributed by atoms with E-state index in [0.29, 0.717) is 27.8 Å². The third kappa shape index (κ3) is 4.22. The molecule has 2 heterocycles. The lowest BCUT2D eigenvalue weighted by Gasteiger charge is -2.08. The molecule has 2 aromatic carbocycles. The summed E-state index contributed by atoms with van der Waals surface area (Å²) in [5, 5.41) is 6.52. The third-order valence-electron chi connectivity index (χ3n) is 4.92. The Morgan fingerprint density at radius 2 is 1.94 bits per heavy atom. The molecule has 0 atom stereocenters. The normalized spacial score (nSPS) is 11.7. The van der Waals surface area contributed by atoms with Crippen LogP contribution in [0.15, 0.2) is 64.1 Å². The van der Waals surface area contributed by atoms with Crippen molar-refractivity contribution in [3.05, 3.63) is 77.4 Å². The van der Waals surface area contributed by atoms with Gasteiger partial charge in [0, 0.05) is 28.7 Å². The van der Waals surface area contributed by atoms with Gasteiger partial charge < -0.3 is 14.4 Å². The Hall–Kier alpha value is -3.46. The van der Waals surface area contributed by atoms with Crippen molar-refractivity contribution in [3.63, 3.8) is 0 Å². The highest BCUT2D eigenvalue weighted by atomic mass is 32.2. The van der Waals surface area contributed by atoms with E-state index in [4.69, 9.17) is 4.52 Å². The number of amides is 1. The molecule has 0 aliphatic heterocycles. The lowest BCUT2D eigenvalue weighted by Crippen LogP contribution is -2.23. The number of carbonyl (C=O) groups is 1. The summed E-state index contributed by atoms with van der Waals surface area (Å²) in [5.41, 5.74) is 1.60. The molecular weight excluding hydrogens is 421 g/mol. The average Bonchev–Trinajstić information content (AvgIpc) is 3.29. The number of carbonyl (C=O) groups excluding carboxylic acids is 1. The number of nitrogens with zero attached hydrogens (tertiary/aromatic N) is 2. The number of fused-ring (bicyclic) bond motifs is 1. The first-order valence-corrected chi connectivity index (χ1v) is 11.2. The second kappa shape index (κ2) is 7.99. The summed E-state index contributed by atoms with van der Waals surface area (Å²) in [7, 11) is -3.97. The Morgan fingerprint density at radius 3 is 2.68 bits per heavy atom. The summed E-state index contributed by atoms with van der Waals surface area (Å²) in [6, 6.07) is 13.5. The van der Waals surface area contributed by atoms with E-state index >= 15 is 0 Å². The monoisotopic (exact) mass is 441 g/mol. The lowest BCUT2D eigenvalue weighted by molar-refractivity contribution is -0.113. The van der Waals surface area contributed by atoms with Gasteiger partial charge in [0.25, 0.3) is 0 Å². The first-order valence-electron chi connectivity index (χ1n) is 9.52. The molecule has 0 bridgehead atoms. The van der Waals surface area contributed by atoms with E-state index in [0.717, 1.165) is 0 Å². The van der Waals surface area contributed by atoms with E-state index < -0.39 is 21.5 Å². The largest absolute Gasteiger partial charge is 0.360 e.